The highest BCUT2D eigenvalue weighted by atomic mass is 16.5. The van der Waals surface area contributed by atoms with Crippen molar-refractivity contribution in [2.24, 2.45) is 0 Å². The zero-order valence-electron chi connectivity index (χ0n) is 14.4. The lowest BCUT2D eigenvalue weighted by molar-refractivity contribution is -0.145. The van der Waals surface area contributed by atoms with E-state index >= 15 is 0 Å². The molecule has 2 aromatic carbocycles. The van der Waals surface area contributed by atoms with E-state index in [1.54, 1.807) is 55.5 Å². The molecule has 0 bridgehead atoms. The first-order valence-corrected chi connectivity index (χ1v) is 7.71. The van der Waals surface area contributed by atoms with E-state index in [1.807, 2.05) is 0 Å². The van der Waals surface area contributed by atoms with Gasteiger partial charge < -0.3 is 19.9 Å². The number of anilines is 1. The normalized spacial score (nSPS) is 12.8. The molecule has 1 atom stereocenters. The minimum atomic E-state index is -1.32. The average molecular weight is 343 g/mol. The predicted octanol–water partition coefficient (Wildman–Crippen LogP) is 3.07. The maximum absolute atomic E-state index is 12.4. The molecule has 0 aliphatic rings. The van der Waals surface area contributed by atoms with Gasteiger partial charge in [-0.25, -0.2) is 0 Å². The maximum Gasteiger partial charge on any atom is 0.314 e. The Kier molecular flexibility index (Phi) is 5.64. The summed E-state index contributed by atoms with van der Waals surface area (Å²) in [6.07, 6.45) is -0.194. The SMILES string of the molecule is COc1ccc(NC(=O)C[C@@](C)(C(=O)O)c2ccccc2)cc1OC. The molecule has 25 heavy (non-hydrogen) atoms. The molecule has 0 heterocycles. The van der Waals surface area contributed by atoms with Crippen molar-refractivity contribution in [2.45, 2.75) is 18.8 Å². The van der Waals surface area contributed by atoms with Crippen LogP contribution in [0.15, 0.2) is 48.5 Å². The number of methoxy groups -OCH3 is 2. The monoisotopic (exact) mass is 343 g/mol. The Morgan fingerprint density at radius 2 is 1.68 bits per heavy atom. The molecule has 0 saturated carbocycles. The van der Waals surface area contributed by atoms with Crippen molar-refractivity contribution in [2.75, 3.05) is 19.5 Å². The number of hydrogen-bond donors (Lipinski definition) is 2. The molecule has 0 aromatic heterocycles. The van der Waals surface area contributed by atoms with Gasteiger partial charge in [-0.15, -0.1) is 0 Å². The molecule has 0 radical (unpaired) electrons. The molecule has 6 nitrogen and oxygen atoms in total. The second-order valence-electron chi connectivity index (χ2n) is 5.80. The molecule has 0 aliphatic carbocycles. The Bertz CT molecular complexity index is 760. The van der Waals surface area contributed by atoms with Gasteiger partial charge in [0.1, 0.15) is 0 Å². The number of aliphatic carboxylic acids is 1. The first-order valence-electron chi connectivity index (χ1n) is 7.71. The van der Waals surface area contributed by atoms with E-state index < -0.39 is 17.3 Å². The van der Waals surface area contributed by atoms with E-state index in [9.17, 15) is 14.7 Å². The number of benzene rings is 2. The second kappa shape index (κ2) is 7.70. The Morgan fingerprint density at radius 1 is 1.04 bits per heavy atom. The van der Waals surface area contributed by atoms with Gasteiger partial charge in [0.2, 0.25) is 5.91 Å². The van der Waals surface area contributed by atoms with Gasteiger partial charge in [0, 0.05) is 18.2 Å². The highest BCUT2D eigenvalue weighted by molar-refractivity contribution is 5.96. The molecular formula is C19H21NO5. The largest absolute Gasteiger partial charge is 0.493 e. The number of carbonyl (C=O) groups is 2. The molecule has 6 heteroatoms. The number of amides is 1. The Balaban J connectivity index is 2.19. The van der Waals surface area contributed by atoms with Crippen molar-refractivity contribution < 1.29 is 24.2 Å². The van der Waals surface area contributed by atoms with Crippen molar-refractivity contribution in [3.8, 4) is 11.5 Å². The van der Waals surface area contributed by atoms with Crippen molar-refractivity contribution in [3.05, 3.63) is 54.1 Å². The third-order valence-corrected chi connectivity index (χ3v) is 4.06. The highest BCUT2D eigenvalue weighted by Gasteiger charge is 2.37. The lowest BCUT2D eigenvalue weighted by atomic mass is 9.79. The number of carboxylic acids is 1. The fraction of sp³-hybridized carbons (Fsp3) is 0.263. The zero-order valence-corrected chi connectivity index (χ0v) is 14.4. The minimum Gasteiger partial charge on any atom is -0.493 e. The molecule has 2 rings (SSSR count). The van der Waals surface area contributed by atoms with Gasteiger partial charge in [-0.3, -0.25) is 9.59 Å². The quantitative estimate of drug-likeness (QED) is 0.807. The van der Waals surface area contributed by atoms with E-state index in [-0.39, 0.29) is 6.42 Å². The average Bonchev–Trinajstić information content (AvgIpc) is 2.61. The van der Waals surface area contributed by atoms with Crippen molar-refractivity contribution >= 4 is 17.6 Å². The van der Waals surface area contributed by atoms with Crippen LogP contribution >= 0.6 is 0 Å². The van der Waals surface area contributed by atoms with Crippen LogP contribution in [0.3, 0.4) is 0 Å². The molecule has 0 fully saturated rings. The predicted molar refractivity (Wildman–Crippen MR) is 94.2 cm³/mol. The number of carbonyl (C=O) groups excluding carboxylic acids is 1. The fourth-order valence-electron chi connectivity index (χ4n) is 2.55. The summed E-state index contributed by atoms with van der Waals surface area (Å²) >= 11 is 0. The molecule has 0 aliphatic heterocycles. The first kappa shape index (κ1) is 18.3. The van der Waals surface area contributed by atoms with Gasteiger partial charge in [-0.05, 0) is 24.6 Å². The van der Waals surface area contributed by atoms with Crippen LogP contribution in [0.25, 0.3) is 0 Å². The summed E-state index contributed by atoms with van der Waals surface area (Å²) in [4.78, 5) is 24.2. The van der Waals surface area contributed by atoms with E-state index in [1.165, 1.54) is 14.2 Å². The number of ether oxygens (including phenoxy) is 2. The summed E-state index contributed by atoms with van der Waals surface area (Å²) in [6.45, 7) is 1.54. The van der Waals surface area contributed by atoms with Crippen molar-refractivity contribution in [1.29, 1.82) is 0 Å². The molecule has 132 valence electrons. The smallest absolute Gasteiger partial charge is 0.314 e. The molecular weight excluding hydrogens is 322 g/mol. The van der Waals surface area contributed by atoms with Crippen molar-refractivity contribution in [3.63, 3.8) is 0 Å². The van der Waals surface area contributed by atoms with Crippen molar-refractivity contribution in [1.82, 2.24) is 0 Å². The Hall–Kier alpha value is -3.02. The van der Waals surface area contributed by atoms with Gasteiger partial charge >= 0.3 is 5.97 Å². The Morgan fingerprint density at radius 3 is 2.24 bits per heavy atom. The summed E-state index contributed by atoms with van der Waals surface area (Å²) in [5.74, 6) is -0.438. The lowest BCUT2D eigenvalue weighted by Gasteiger charge is -2.24. The van der Waals surface area contributed by atoms with Crippen LogP contribution < -0.4 is 14.8 Å². The topological polar surface area (TPSA) is 84.9 Å². The zero-order chi connectivity index (χ0) is 18.4. The molecule has 2 aromatic rings. The molecule has 2 N–H and O–H groups in total. The molecule has 1 amide bonds. The number of nitrogens with one attached hydrogen (secondary N) is 1. The summed E-state index contributed by atoms with van der Waals surface area (Å²) in [5.41, 5.74) is -0.240. The second-order valence-corrected chi connectivity index (χ2v) is 5.80. The van der Waals surface area contributed by atoms with Gasteiger partial charge in [-0.1, -0.05) is 30.3 Å². The van der Waals surface area contributed by atoms with Gasteiger partial charge in [0.15, 0.2) is 11.5 Å². The van der Waals surface area contributed by atoms with Crippen LogP contribution in [0, 0.1) is 0 Å². The standard InChI is InChI=1S/C19H21NO5/c1-19(18(22)23,13-7-5-4-6-8-13)12-17(21)20-14-9-10-15(24-2)16(11-14)25-3/h4-11H,12H2,1-3H3,(H,20,21)(H,22,23)/t19-/m1/s1. The van der Waals surface area contributed by atoms with Crippen LogP contribution in [0.2, 0.25) is 0 Å². The first-order chi connectivity index (χ1) is 11.9. The fourth-order valence-corrected chi connectivity index (χ4v) is 2.55. The summed E-state index contributed by atoms with van der Waals surface area (Å²) in [6, 6.07) is 13.7. The number of rotatable bonds is 7. The van der Waals surface area contributed by atoms with E-state index in [0.29, 0.717) is 22.7 Å². The van der Waals surface area contributed by atoms with Crippen LogP contribution in [0.5, 0.6) is 11.5 Å². The molecule has 0 unspecified atom stereocenters. The number of carboxylic acid groups (broad SMARTS) is 1. The maximum atomic E-state index is 12.4. The minimum absolute atomic E-state index is 0.194. The van der Waals surface area contributed by atoms with Gasteiger partial charge in [0.05, 0.1) is 19.6 Å². The highest BCUT2D eigenvalue weighted by Crippen LogP contribution is 2.31. The van der Waals surface area contributed by atoms with E-state index in [2.05, 4.69) is 5.32 Å². The lowest BCUT2D eigenvalue weighted by Crippen LogP contribution is -2.36. The van der Waals surface area contributed by atoms with Crippen LogP contribution in [-0.4, -0.2) is 31.2 Å². The third kappa shape index (κ3) is 4.09. The van der Waals surface area contributed by atoms with E-state index in [4.69, 9.17) is 9.47 Å². The van der Waals surface area contributed by atoms with Crippen LogP contribution in [0.1, 0.15) is 18.9 Å². The summed E-state index contributed by atoms with van der Waals surface area (Å²) < 4.78 is 10.3. The Labute approximate surface area is 146 Å². The van der Waals surface area contributed by atoms with E-state index in [0.717, 1.165) is 0 Å². The van der Waals surface area contributed by atoms with Crippen LogP contribution in [-0.2, 0) is 15.0 Å². The van der Waals surface area contributed by atoms with Crippen LogP contribution in [0.4, 0.5) is 5.69 Å². The van der Waals surface area contributed by atoms with Gasteiger partial charge in [0.25, 0.3) is 0 Å². The van der Waals surface area contributed by atoms with Gasteiger partial charge in [-0.2, -0.15) is 0 Å². The third-order valence-electron chi connectivity index (χ3n) is 4.06. The summed E-state index contributed by atoms with van der Waals surface area (Å²) in [7, 11) is 3.02. The molecule has 0 saturated heterocycles. The molecule has 0 spiro atoms. The summed E-state index contributed by atoms with van der Waals surface area (Å²) in [5, 5.41) is 12.3. The number of hydrogen-bond acceptors (Lipinski definition) is 4.